The Morgan fingerprint density at radius 1 is 0.973 bits per heavy atom. The second-order valence-electron chi connectivity index (χ2n) is 9.00. The minimum Gasteiger partial charge on any atom is -0.481 e. The van der Waals surface area contributed by atoms with Crippen molar-refractivity contribution in [2.75, 3.05) is 6.54 Å². The monoisotopic (exact) mass is 556 g/mol. The maximum Gasteiger partial charge on any atom is 0.305 e. The zero-order chi connectivity index (χ0) is 26.5. The number of rotatable bonds is 10. The van der Waals surface area contributed by atoms with Crippen LogP contribution in [0.3, 0.4) is 0 Å². The van der Waals surface area contributed by atoms with E-state index >= 15 is 0 Å². The van der Waals surface area contributed by atoms with E-state index in [4.69, 9.17) is 39.9 Å². The van der Waals surface area contributed by atoms with Gasteiger partial charge in [0, 0.05) is 39.7 Å². The number of aromatic nitrogens is 1. The van der Waals surface area contributed by atoms with Crippen molar-refractivity contribution in [3.8, 4) is 0 Å². The molecule has 4 aromatic rings. The highest BCUT2D eigenvalue weighted by Gasteiger charge is 2.29. The third-order valence-electron chi connectivity index (χ3n) is 6.51. The van der Waals surface area contributed by atoms with E-state index in [1.165, 1.54) is 0 Å². The summed E-state index contributed by atoms with van der Waals surface area (Å²) in [6, 6.07) is 19.0. The van der Waals surface area contributed by atoms with Crippen molar-refractivity contribution in [1.29, 1.82) is 0 Å². The van der Waals surface area contributed by atoms with Gasteiger partial charge < -0.3 is 15.4 Å². The number of carbonyl (C=O) groups is 2. The predicted octanol–water partition coefficient (Wildman–Crippen LogP) is 8.05. The minimum absolute atomic E-state index is 0.0582. The molecule has 8 heteroatoms. The summed E-state index contributed by atoms with van der Waals surface area (Å²) in [6.07, 6.45) is 3.71. The van der Waals surface area contributed by atoms with Gasteiger partial charge in [-0.3, -0.25) is 9.59 Å². The second kappa shape index (κ2) is 12.0. The number of aromatic amines is 1. The lowest BCUT2D eigenvalue weighted by atomic mass is 9.75. The average Bonchev–Trinajstić information content (AvgIpc) is 3.27. The number of halogens is 3. The number of benzene rings is 3. The highest BCUT2D eigenvalue weighted by Crippen LogP contribution is 2.45. The van der Waals surface area contributed by atoms with Gasteiger partial charge in [0.25, 0.3) is 5.91 Å². The normalized spacial score (nSPS) is 12.9. The number of carboxylic acids is 1. The van der Waals surface area contributed by atoms with Crippen molar-refractivity contribution in [1.82, 2.24) is 10.3 Å². The molecule has 0 spiro atoms. The molecule has 0 bridgehead atoms. The fraction of sp³-hybridized carbons (Fsp3) is 0.241. The maximum absolute atomic E-state index is 12.5. The lowest BCUT2D eigenvalue weighted by molar-refractivity contribution is -0.136. The topological polar surface area (TPSA) is 82.2 Å². The lowest BCUT2D eigenvalue weighted by Gasteiger charge is -2.28. The molecule has 3 N–H and O–H groups in total. The zero-order valence-corrected chi connectivity index (χ0v) is 22.5. The Morgan fingerprint density at radius 2 is 1.73 bits per heavy atom. The lowest BCUT2D eigenvalue weighted by Crippen LogP contribution is -2.26. The molecule has 0 radical (unpaired) electrons. The van der Waals surface area contributed by atoms with Gasteiger partial charge in [-0.1, -0.05) is 72.4 Å². The van der Waals surface area contributed by atoms with Crippen LogP contribution >= 0.6 is 34.8 Å². The van der Waals surface area contributed by atoms with Crippen LogP contribution in [0, 0.1) is 0 Å². The number of aliphatic carboxylic acids is 1. The number of carboxylic acid groups (broad SMARTS) is 1. The molecule has 0 saturated carbocycles. The van der Waals surface area contributed by atoms with Crippen LogP contribution in [0.2, 0.25) is 15.1 Å². The fourth-order valence-electron chi connectivity index (χ4n) is 4.87. The van der Waals surface area contributed by atoms with E-state index in [0.717, 1.165) is 40.4 Å². The van der Waals surface area contributed by atoms with Gasteiger partial charge in [-0.25, -0.2) is 0 Å². The highest BCUT2D eigenvalue weighted by molar-refractivity contribution is 6.38. The first-order chi connectivity index (χ1) is 17.8. The number of nitrogens with one attached hydrogen (secondary N) is 2. The fourth-order valence-corrected chi connectivity index (χ4v) is 5.61. The molecular weight excluding hydrogens is 531 g/mol. The van der Waals surface area contributed by atoms with Gasteiger partial charge in [0.15, 0.2) is 0 Å². The van der Waals surface area contributed by atoms with Gasteiger partial charge in [-0.2, -0.15) is 0 Å². The van der Waals surface area contributed by atoms with E-state index < -0.39 is 5.97 Å². The van der Waals surface area contributed by atoms with Crippen molar-refractivity contribution in [2.45, 2.75) is 38.0 Å². The Bertz CT molecular complexity index is 1420. The number of H-pyrrole nitrogens is 1. The summed E-state index contributed by atoms with van der Waals surface area (Å²) >= 11 is 19.3. The first-order valence-corrected chi connectivity index (χ1v) is 13.2. The first kappa shape index (κ1) is 27.1. The summed E-state index contributed by atoms with van der Waals surface area (Å²) in [6.45, 7) is 2.23. The van der Waals surface area contributed by atoms with Crippen LogP contribution in [0.25, 0.3) is 10.9 Å². The molecule has 0 fully saturated rings. The molecule has 3 aromatic carbocycles. The minimum atomic E-state index is -0.954. The van der Waals surface area contributed by atoms with Crippen molar-refractivity contribution >= 4 is 57.6 Å². The molecule has 2 unspecified atom stereocenters. The molecule has 37 heavy (non-hydrogen) atoms. The van der Waals surface area contributed by atoms with E-state index in [-0.39, 0.29) is 30.7 Å². The number of carbonyl (C=O) groups excluding carboxylic acids is 1. The second-order valence-corrected chi connectivity index (χ2v) is 10.3. The molecule has 4 rings (SSSR count). The van der Waals surface area contributed by atoms with Gasteiger partial charge in [-0.05, 0) is 65.4 Å². The molecular formula is C29H27Cl3N2O3. The summed E-state index contributed by atoms with van der Waals surface area (Å²) in [5.41, 5.74) is 4.52. The number of fused-ring (bicyclic) bond motifs is 1. The molecule has 5 nitrogen and oxygen atoms in total. The summed E-state index contributed by atoms with van der Waals surface area (Å²) in [4.78, 5) is 26.5. The molecule has 1 heterocycles. The Morgan fingerprint density at radius 3 is 2.41 bits per heavy atom. The van der Waals surface area contributed by atoms with Crippen molar-refractivity contribution in [3.63, 3.8) is 0 Å². The van der Waals surface area contributed by atoms with E-state index in [1.54, 1.807) is 18.2 Å². The summed E-state index contributed by atoms with van der Waals surface area (Å²) in [7, 11) is 0. The van der Waals surface area contributed by atoms with Crippen LogP contribution in [-0.4, -0.2) is 28.5 Å². The summed E-state index contributed by atoms with van der Waals surface area (Å²) in [5.74, 6) is -1.24. The van der Waals surface area contributed by atoms with Gasteiger partial charge in [0.2, 0.25) is 0 Å². The van der Waals surface area contributed by atoms with E-state index in [9.17, 15) is 9.59 Å². The number of hydrogen-bond donors (Lipinski definition) is 3. The highest BCUT2D eigenvalue weighted by atomic mass is 35.5. The molecule has 0 aliphatic rings. The molecule has 2 atom stereocenters. The largest absolute Gasteiger partial charge is 0.481 e. The SMILES string of the molecule is CCCC(c1ccc(C(=O)NCCC(=O)O)cc1)C(c1cccc(Cl)c1)c1c[nH]c2c(Cl)cc(Cl)cc12. The van der Waals surface area contributed by atoms with Gasteiger partial charge in [-0.15, -0.1) is 0 Å². The average molecular weight is 558 g/mol. The van der Waals surface area contributed by atoms with Gasteiger partial charge in [0.05, 0.1) is 17.0 Å². The number of amides is 1. The smallest absolute Gasteiger partial charge is 0.305 e. The Balaban J connectivity index is 1.76. The summed E-state index contributed by atoms with van der Waals surface area (Å²) in [5, 5.41) is 14.2. The third kappa shape index (κ3) is 6.30. The van der Waals surface area contributed by atoms with E-state index in [2.05, 4.69) is 23.3 Å². The van der Waals surface area contributed by atoms with E-state index in [0.29, 0.717) is 20.6 Å². The van der Waals surface area contributed by atoms with Gasteiger partial charge in [0.1, 0.15) is 0 Å². The van der Waals surface area contributed by atoms with Crippen molar-refractivity contribution < 1.29 is 14.7 Å². The Labute approximate surface area is 230 Å². The predicted molar refractivity (Wildman–Crippen MR) is 150 cm³/mol. The van der Waals surface area contributed by atoms with Gasteiger partial charge >= 0.3 is 5.97 Å². The number of hydrogen-bond acceptors (Lipinski definition) is 2. The van der Waals surface area contributed by atoms with Crippen molar-refractivity contribution in [3.05, 3.63) is 104 Å². The van der Waals surface area contributed by atoms with Crippen molar-refractivity contribution in [2.24, 2.45) is 0 Å². The van der Waals surface area contributed by atoms with Crippen LogP contribution < -0.4 is 5.32 Å². The Kier molecular flexibility index (Phi) is 8.80. The molecule has 0 aliphatic carbocycles. The van der Waals surface area contributed by atoms with Crippen LogP contribution in [-0.2, 0) is 4.79 Å². The van der Waals surface area contributed by atoms with Crippen LogP contribution in [0.15, 0.2) is 66.9 Å². The molecule has 0 saturated heterocycles. The summed E-state index contributed by atoms with van der Waals surface area (Å²) < 4.78 is 0. The molecule has 1 aromatic heterocycles. The quantitative estimate of drug-likeness (QED) is 0.184. The third-order valence-corrected chi connectivity index (χ3v) is 7.26. The maximum atomic E-state index is 12.5. The van der Waals surface area contributed by atoms with Crippen LogP contribution in [0.5, 0.6) is 0 Å². The molecule has 0 aliphatic heterocycles. The van der Waals surface area contributed by atoms with E-state index in [1.807, 2.05) is 42.6 Å². The molecule has 192 valence electrons. The zero-order valence-electron chi connectivity index (χ0n) is 20.2. The Hall–Kier alpha value is -2.99. The first-order valence-electron chi connectivity index (χ1n) is 12.1. The van der Waals surface area contributed by atoms with Crippen LogP contribution in [0.1, 0.15) is 65.1 Å². The van der Waals surface area contributed by atoms with Crippen LogP contribution in [0.4, 0.5) is 0 Å². The molecule has 1 amide bonds. The standard InChI is InChI=1S/C29H27Cl3N2O3/c1-2-4-22(17-7-9-18(10-8-17)29(37)33-12-11-26(35)36)27(19-5-3-6-20(30)13-19)24-16-34-28-23(24)14-21(31)15-25(28)32/h3,5-10,13-16,22,27,34H,2,4,11-12H2,1H3,(H,33,37)(H,35,36).